The highest BCUT2D eigenvalue weighted by molar-refractivity contribution is 9.11. The zero-order valence-corrected chi connectivity index (χ0v) is 16.3. The van der Waals surface area contributed by atoms with Crippen LogP contribution in [0.15, 0.2) is 32.0 Å². The number of hydrogen-bond donors (Lipinski definition) is 1. The quantitative estimate of drug-likeness (QED) is 0.674. The first-order chi connectivity index (χ1) is 9.08. The lowest BCUT2D eigenvalue weighted by molar-refractivity contribution is 0.292. The lowest BCUT2D eigenvalue weighted by Gasteiger charge is -2.31. The molecule has 0 radical (unpaired) electrons. The van der Waals surface area contributed by atoms with Gasteiger partial charge < -0.3 is 0 Å². The van der Waals surface area contributed by atoms with Crippen LogP contribution in [0.5, 0.6) is 0 Å². The first kappa shape index (κ1) is 18.4. The fraction of sp³-hybridized carbons (Fsp3) is 0.538. The van der Waals surface area contributed by atoms with Gasteiger partial charge in [0.1, 0.15) is 0 Å². The van der Waals surface area contributed by atoms with Crippen LogP contribution in [0.25, 0.3) is 0 Å². The molecule has 0 amide bonds. The molecule has 20 heavy (non-hydrogen) atoms. The number of alkyl halides is 1. The first-order valence-corrected chi connectivity index (χ1v) is 9.71. The van der Waals surface area contributed by atoms with Crippen LogP contribution in [0, 0.1) is 5.41 Å². The second-order valence-corrected chi connectivity index (χ2v) is 9.42. The lowest BCUT2D eigenvalue weighted by atomic mass is 9.86. The molecule has 1 N–H and O–H groups in total. The number of benzene rings is 1. The van der Waals surface area contributed by atoms with Gasteiger partial charge in [0.05, 0.1) is 4.90 Å². The normalized spacial score (nSPS) is 14.3. The fourth-order valence-corrected chi connectivity index (χ4v) is 4.91. The summed E-state index contributed by atoms with van der Waals surface area (Å²) in [5.74, 6) is 0.407. The number of sulfonamides is 1. The molecule has 0 saturated heterocycles. The van der Waals surface area contributed by atoms with Gasteiger partial charge in [0.15, 0.2) is 0 Å². The minimum absolute atomic E-state index is 0.208. The Labute approximate surface area is 142 Å². The van der Waals surface area contributed by atoms with Crippen LogP contribution in [0.3, 0.4) is 0 Å². The second-order valence-electron chi connectivity index (χ2n) is 5.59. The molecule has 3 nitrogen and oxygen atoms in total. The van der Waals surface area contributed by atoms with Crippen molar-refractivity contribution in [3.8, 4) is 0 Å². The minimum Gasteiger partial charge on any atom is -0.207 e. The zero-order chi connectivity index (χ0) is 15.6. The third-order valence-corrected chi connectivity index (χ3v) is 6.10. The summed E-state index contributed by atoms with van der Waals surface area (Å²) >= 11 is 12.4. The first-order valence-electron chi connectivity index (χ1n) is 6.11. The summed E-state index contributed by atoms with van der Waals surface area (Å²) in [5, 5.41) is 0. The van der Waals surface area contributed by atoms with Gasteiger partial charge in [-0.25, -0.2) is 13.1 Å². The molecule has 1 aromatic carbocycles. The third kappa shape index (κ3) is 4.98. The zero-order valence-electron chi connectivity index (χ0n) is 11.6. The van der Waals surface area contributed by atoms with Crippen molar-refractivity contribution < 1.29 is 8.42 Å². The predicted octanol–water partition coefficient (Wildman–Crippen LogP) is 4.53. The van der Waals surface area contributed by atoms with Crippen LogP contribution in [-0.2, 0) is 10.0 Å². The van der Waals surface area contributed by atoms with Crippen LogP contribution in [0.1, 0.15) is 27.2 Å². The number of halogens is 3. The molecule has 7 heteroatoms. The monoisotopic (exact) mass is 445 g/mol. The van der Waals surface area contributed by atoms with Crippen LogP contribution in [0.4, 0.5) is 0 Å². The third-order valence-electron chi connectivity index (χ3n) is 2.92. The molecule has 1 aromatic rings. The van der Waals surface area contributed by atoms with E-state index in [2.05, 4.69) is 36.6 Å². The van der Waals surface area contributed by atoms with Crippen molar-refractivity contribution in [2.75, 3.05) is 5.88 Å². The van der Waals surface area contributed by atoms with Gasteiger partial charge in [-0.15, -0.1) is 11.6 Å². The van der Waals surface area contributed by atoms with Crippen LogP contribution >= 0.6 is 43.5 Å². The van der Waals surface area contributed by atoms with Crippen molar-refractivity contribution in [1.29, 1.82) is 0 Å². The molecule has 1 atom stereocenters. The summed E-state index contributed by atoms with van der Waals surface area (Å²) in [6, 6.07) is 4.83. The number of hydrogen-bond acceptors (Lipinski definition) is 2. The summed E-state index contributed by atoms with van der Waals surface area (Å²) < 4.78 is 29.1. The highest BCUT2D eigenvalue weighted by Gasteiger charge is 2.30. The minimum atomic E-state index is -3.60. The Bertz CT molecular complexity index is 570. The fourth-order valence-electron chi connectivity index (χ4n) is 1.71. The smallest absolute Gasteiger partial charge is 0.207 e. The van der Waals surface area contributed by atoms with E-state index in [-0.39, 0.29) is 16.4 Å². The largest absolute Gasteiger partial charge is 0.242 e. The molecular weight excluding hydrogens is 429 g/mol. The lowest BCUT2D eigenvalue weighted by Crippen LogP contribution is -2.44. The average Bonchev–Trinajstić information content (AvgIpc) is 2.30. The molecule has 0 fully saturated rings. The Kier molecular flexibility index (Phi) is 6.54. The Balaban J connectivity index is 3.13. The molecule has 0 aliphatic heterocycles. The van der Waals surface area contributed by atoms with Gasteiger partial charge in [-0.05, 0) is 46.0 Å². The molecule has 1 unspecified atom stereocenters. The Morgan fingerprint density at radius 2 is 1.90 bits per heavy atom. The molecule has 0 aromatic heterocycles. The molecule has 0 aliphatic carbocycles. The van der Waals surface area contributed by atoms with Crippen molar-refractivity contribution in [2.24, 2.45) is 5.41 Å². The van der Waals surface area contributed by atoms with E-state index in [0.717, 1.165) is 0 Å². The molecule has 0 aliphatic rings. The summed E-state index contributed by atoms with van der Waals surface area (Å²) in [6.07, 6.45) is 0.579. The maximum Gasteiger partial charge on any atom is 0.242 e. The van der Waals surface area contributed by atoms with Gasteiger partial charge in [-0.2, -0.15) is 0 Å². The molecule has 114 valence electrons. The van der Waals surface area contributed by atoms with Crippen molar-refractivity contribution in [3.05, 3.63) is 27.1 Å². The van der Waals surface area contributed by atoms with Gasteiger partial charge in [-0.1, -0.05) is 36.7 Å². The van der Waals surface area contributed by atoms with Crippen molar-refractivity contribution in [1.82, 2.24) is 4.72 Å². The van der Waals surface area contributed by atoms with E-state index in [4.69, 9.17) is 11.6 Å². The molecule has 0 heterocycles. The van der Waals surface area contributed by atoms with Gasteiger partial charge >= 0.3 is 0 Å². The van der Waals surface area contributed by atoms with E-state index in [9.17, 15) is 8.42 Å². The van der Waals surface area contributed by atoms with E-state index in [1.54, 1.807) is 18.2 Å². The SMILES string of the molecule is CC(C)(C)C(CCCl)NS(=O)(=O)c1cc(Br)ccc1Br. The van der Waals surface area contributed by atoms with Crippen LogP contribution < -0.4 is 4.72 Å². The molecule has 1 rings (SSSR count). The highest BCUT2D eigenvalue weighted by atomic mass is 79.9. The van der Waals surface area contributed by atoms with Crippen LogP contribution in [0.2, 0.25) is 0 Å². The van der Waals surface area contributed by atoms with E-state index in [1.165, 1.54) is 0 Å². The van der Waals surface area contributed by atoms with E-state index in [1.807, 2.05) is 20.8 Å². The van der Waals surface area contributed by atoms with E-state index in [0.29, 0.717) is 21.2 Å². The van der Waals surface area contributed by atoms with Gasteiger partial charge in [0.2, 0.25) is 10.0 Å². The number of nitrogens with one attached hydrogen (secondary N) is 1. The summed E-state index contributed by atoms with van der Waals surface area (Å²) in [7, 11) is -3.60. The second kappa shape index (κ2) is 7.09. The summed E-state index contributed by atoms with van der Waals surface area (Å²) in [4.78, 5) is 0.218. The molecule has 0 bridgehead atoms. The van der Waals surface area contributed by atoms with Crippen molar-refractivity contribution in [2.45, 2.75) is 38.1 Å². The topological polar surface area (TPSA) is 46.2 Å². The predicted molar refractivity (Wildman–Crippen MR) is 90.7 cm³/mol. The highest BCUT2D eigenvalue weighted by Crippen LogP contribution is 2.28. The summed E-state index contributed by atoms with van der Waals surface area (Å²) in [5.41, 5.74) is -0.208. The Hall–Kier alpha value is 0.380. The average molecular weight is 448 g/mol. The van der Waals surface area contributed by atoms with Gasteiger partial charge in [0, 0.05) is 20.9 Å². The Morgan fingerprint density at radius 1 is 1.30 bits per heavy atom. The molecule has 0 saturated carbocycles. The van der Waals surface area contributed by atoms with Crippen LogP contribution in [-0.4, -0.2) is 20.3 Å². The molecular formula is C13H18Br2ClNO2S. The summed E-state index contributed by atoms with van der Waals surface area (Å²) in [6.45, 7) is 5.97. The van der Waals surface area contributed by atoms with E-state index >= 15 is 0 Å². The maximum absolute atomic E-state index is 12.5. The molecule has 0 spiro atoms. The number of rotatable bonds is 5. The standard InChI is InChI=1S/C13H18Br2ClNO2S/c1-13(2,3)12(6-7-16)17-20(18,19)11-8-9(14)4-5-10(11)15/h4-5,8,12,17H,6-7H2,1-3H3. The maximum atomic E-state index is 12.5. The van der Waals surface area contributed by atoms with E-state index < -0.39 is 10.0 Å². The van der Waals surface area contributed by atoms with Gasteiger partial charge in [0.25, 0.3) is 0 Å². The Morgan fingerprint density at radius 3 is 2.40 bits per heavy atom. The van der Waals surface area contributed by atoms with Crippen molar-refractivity contribution in [3.63, 3.8) is 0 Å². The van der Waals surface area contributed by atoms with Crippen molar-refractivity contribution >= 4 is 53.5 Å². The van der Waals surface area contributed by atoms with Gasteiger partial charge in [-0.3, -0.25) is 0 Å².